The quantitative estimate of drug-likeness (QED) is 0.571. The SMILES string of the molecule is COC(=O)[C@@H](CC(=O)C(C)(C)CCl)[C@@H](C)O. The van der Waals surface area contributed by atoms with Gasteiger partial charge in [0.1, 0.15) is 5.78 Å². The standard InChI is InChI=1S/C11H19ClO4/c1-7(13)8(10(15)16-4)5-9(14)11(2,3)6-12/h7-8,13H,5-6H2,1-4H3/t7-,8+/m1/s1. The molecule has 0 radical (unpaired) electrons. The number of carbonyl (C=O) groups is 2. The molecule has 0 fully saturated rings. The van der Waals surface area contributed by atoms with Crippen LogP contribution in [0.4, 0.5) is 0 Å². The maximum Gasteiger partial charge on any atom is 0.311 e. The van der Waals surface area contributed by atoms with Crippen molar-refractivity contribution in [2.75, 3.05) is 13.0 Å². The van der Waals surface area contributed by atoms with Crippen molar-refractivity contribution in [2.24, 2.45) is 11.3 Å². The van der Waals surface area contributed by atoms with E-state index in [0.717, 1.165) is 0 Å². The Bertz CT molecular complexity index is 261. The molecule has 0 aromatic heterocycles. The monoisotopic (exact) mass is 250 g/mol. The Morgan fingerprint density at radius 3 is 2.25 bits per heavy atom. The molecule has 4 nitrogen and oxygen atoms in total. The molecule has 0 heterocycles. The van der Waals surface area contributed by atoms with Gasteiger partial charge in [-0.1, -0.05) is 13.8 Å². The number of carbonyl (C=O) groups excluding carboxylic acids is 2. The zero-order valence-corrected chi connectivity index (χ0v) is 10.9. The summed E-state index contributed by atoms with van der Waals surface area (Å²) in [6.45, 7) is 4.87. The predicted octanol–water partition coefficient (Wildman–Crippen LogP) is 1.38. The highest BCUT2D eigenvalue weighted by atomic mass is 35.5. The summed E-state index contributed by atoms with van der Waals surface area (Å²) in [5.41, 5.74) is -0.692. The van der Waals surface area contributed by atoms with E-state index in [-0.39, 0.29) is 18.1 Å². The molecule has 0 amide bonds. The average Bonchev–Trinajstić information content (AvgIpc) is 2.23. The van der Waals surface area contributed by atoms with E-state index in [9.17, 15) is 14.7 Å². The number of alkyl halides is 1. The molecular formula is C11H19ClO4. The zero-order valence-electron chi connectivity index (χ0n) is 10.1. The van der Waals surface area contributed by atoms with Crippen molar-refractivity contribution in [2.45, 2.75) is 33.3 Å². The average molecular weight is 251 g/mol. The van der Waals surface area contributed by atoms with Gasteiger partial charge in [0.25, 0.3) is 0 Å². The van der Waals surface area contributed by atoms with Gasteiger partial charge in [-0.2, -0.15) is 0 Å². The number of hydrogen-bond acceptors (Lipinski definition) is 4. The van der Waals surface area contributed by atoms with Crippen molar-refractivity contribution >= 4 is 23.4 Å². The molecule has 0 aromatic carbocycles. The van der Waals surface area contributed by atoms with Gasteiger partial charge in [-0.3, -0.25) is 9.59 Å². The maximum absolute atomic E-state index is 11.8. The van der Waals surface area contributed by atoms with Crippen LogP contribution in [-0.2, 0) is 14.3 Å². The number of ketones is 1. The van der Waals surface area contributed by atoms with Crippen molar-refractivity contribution in [1.29, 1.82) is 0 Å². The lowest BCUT2D eigenvalue weighted by Crippen LogP contribution is -2.35. The van der Waals surface area contributed by atoms with Crippen LogP contribution in [0.2, 0.25) is 0 Å². The lowest BCUT2D eigenvalue weighted by atomic mass is 9.83. The van der Waals surface area contributed by atoms with Crippen molar-refractivity contribution in [3.05, 3.63) is 0 Å². The Morgan fingerprint density at radius 2 is 1.94 bits per heavy atom. The molecule has 0 unspecified atom stereocenters. The molecule has 5 heteroatoms. The van der Waals surface area contributed by atoms with E-state index in [1.165, 1.54) is 14.0 Å². The van der Waals surface area contributed by atoms with E-state index in [4.69, 9.17) is 11.6 Å². The number of rotatable bonds is 6. The third-order valence-corrected chi connectivity index (χ3v) is 3.25. The normalized spacial score (nSPS) is 15.4. The number of Topliss-reactive ketones (excluding diaryl/α,β-unsaturated/α-hetero) is 1. The van der Waals surface area contributed by atoms with Crippen LogP contribution in [0.1, 0.15) is 27.2 Å². The highest BCUT2D eigenvalue weighted by molar-refractivity contribution is 6.20. The van der Waals surface area contributed by atoms with E-state index in [0.29, 0.717) is 0 Å². The first kappa shape index (κ1) is 15.4. The molecule has 16 heavy (non-hydrogen) atoms. The molecule has 0 saturated heterocycles. The van der Waals surface area contributed by atoms with Gasteiger partial charge >= 0.3 is 5.97 Å². The summed E-state index contributed by atoms with van der Waals surface area (Å²) in [7, 11) is 1.23. The van der Waals surface area contributed by atoms with Crippen molar-refractivity contribution in [3.8, 4) is 0 Å². The van der Waals surface area contributed by atoms with Crippen LogP contribution in [-0.4, -0.2) is 36.0 Å². The van der Waals surface area contributed by atoms with Gasteiger partial charge in [-0.25, -0.2) is 0 Å². The minimum Gasteiger partial charge on any atom is -0.469 e. The number of hydrogen-bond donors (Lipinski definition) is 1. The summed E-state index contributed by atoms with van der Waals surface area (Å²) in [6, 6.07) is 0. The fourth-order valence-electron chi connectivity index (χ4n) is 1.15. The minimum atomic E-state index is -0.914. The van der Waals surface area contributed by atoms with E-state index in [2.05, 4.69) is 4.74 Å². The Hall–Kier alpha value is -0.610. The highest BCUT2D eigenvalue weighted by Crippen LogP contribution is 2.24. The molecule has 0 aliphatic carbocycles. The number of aliphatic hydroxyl groups is 1. The molecular weight excluding hydrogens is 232 g/mol. The van der Waals surface area contributed by atoms with Crippen molar-refractivity contribution < 1.29 is 19.4 Å². The van der Waals surface area contributed by atoms with Crippen LogP contribution in [0.5, 0.6) is 0 Å². The number of ether oxygens (including phenoxy) is 1. The maximum atomic E-state index is 11.8. The van der Waals surface area contributed by atoms with Crippen LogP contribution < -0.4 is 0 Å². The fraction of sp³-hybridized carbons (Fsp3) is 0.818. The van der Waals surface area contributed by atoms with E-state index in [1.54, 1.807) is 13.8 Å². The summed E-state index contributed by atoms with van der Waals surface area (Å²) >= 11 is 5.67. The summed E-state index contributed by atoms with van der Waals surface area (Å²) in [6.07, 6.45) is -0.966. The predicted molar refractivity (Wildman–Crippen MR) is 61.3 cm³/mol. The molecule has 0 rings (SSSR count). The Kier molecular flexibility index (Phi) is 5.97. The van der Waals surface area contributed by atoms with Crippen LogP contribution in [0.3, 0.4) is 0 Å². The molecule has 1 N–H and O–H groups in total. The number of esters is 1. The highest BCUT2D eigenvalue weighted by Gasteiger charge is 2.33. The molecule has 0 bridgehead atoms. The molecule has 94 valence electrons. The van der Waals surface area contributed by atoms with Gasteiger partial charge in [0.05, 0.1) is 19.1 Å². The Morgan fingerprint density at radius 1 is 1.44 bits per heavy atom. The molecule has 0 aromatic rings. The third-order valence-electron chi connectivity index (χ3n) is 2.58. The summed E-state index contributed by atoms with van der Waals surface area (Å²) in [5.74, 6) is -1.37. The largest absolute Gasteiger partial charge is 0.469 e. The molecule has 0 aliphatic rings. The Balaban J connectivity index is 4.65. The topological polar surface area (TPSA) is 63.6 Å². The van der Waals surface area contributed by atoms with Gasteiger partial charge in [-0.05, 0) is 6.92 Å². The fourth-order valence-corrected chi connectivity index (χ4v) is 1.30. The first-order chi connectivity index (χ1) is 7.26. The minimum absolute atomic E-state index is 0.0515. The lowest BCUT2D eigenvalue weighted by Gasteiger charge is -2.23. The molecule has 0 saturated carbocycles. The van der Waals surface area contributed by atoms with Crippen molar-refractivity contribution in [3.63, 3.8) is 0 Å². The number of halogens is 1. The van der Waals surface area contributed by atoms with Gasteiger partial charge in [0.2, 0.25) is 0 Å². The molecule has 0 aliphatic heterocycles. The van der Waals surface area contributed by atoms with E-state index in [1.807, 2.05) is 0 Å². The number of methoxy groups -OCH3 is 1. The van der Waals surface area contributed by atoms with E-state index < -0.39 is 23.4 Å². The first-order valence-electron chi connectivity index (χ1n) is 5.11. The zero-order chi connectivity index (χ0) is 12.9. The van der Waals surface area contributed by atoms with Gasteiger partial charge in [0.15, 0.2) is 0 Å². The second kappa shape index (κ2) is 6.21. The smallest absolute Gasteiger partial charge is 0.311 e. The second-order valence-electron chi connectivity index (χ2n) is 4.52. The van der Waals surface area contributed by atoms with Gasteiger partial charge < -0.3 is 9.84 Å². The third kappa shape index (κ3) is 4.10. The van der Waals surface area contributed by atoms with Crippen LogP contribution in [0.25, 0.3) is 0 Å². The summed E-state index contributed by atoms with van der Waals surface area (Å²) in [4.78, 5) is 23.2. The van der Waals surface area contributed by atoms with Crippen LogP contribution >= 0.6 is 11.6 Å². The van der Waals surface area contributed by atoms with Crippen molar-refractivity contribution in [1.82, 2.24) is 0 Å². The number of aliphatic hydroxyl groups excluding tert-OH is 1. The second-order valence-corrected chi connectivity index (χ2v) is 4.78. The van der Waals surface area contributed by atoms with Gasteiger partial charge in [0, 0.05) is 17.7 Å². The lowest BCUT2D eigenvalue weighted by molar-refractivity contribution is -0.151. The van der Waals surface area contributed by atoms with Crippen LogP contribution in [0.15, 0.2) is 0 Å². The Labute approximate surface area is 101 Å². The summed E-state index contributed by atoms with van der Waals surface area (Å²) in [5, 5.41) is 9.41. The van der Waals surface area contributed by atoms with Crippen LogP contribution in [0, 0.1) is 11.3 Å². The molecule has 0 spiro atoms. The molecule has 2 atom stereocenters. The van der Waals surface area contributed by atoms with E-state index >= 15 is 0 Å². The first-order valence-corrected chi connectivity index (χ1v) is 5.65. The summed E-state index contributed by atoms with van der Waals surface area (Å²) < 4.78 is 4.54. The van der Waals surface area contributed by atoms with Gasteiger partial charge in [-0.15, -0.1) is 11.6 Å².